The van der Waals surface area contributed by atoms with Gasteiger partial charge in [0.2, 0.25) is 0 Å². The Balaban J connectivity index is 0.000000204. The van der Waals surface area contributed by atoms with Crippen molar-refractivity contribution in [2.24, 2.45) is 0 Å². The average Bonchev–Trinajstić information content (AvgIpc) is 3.71. The summed E-state index contributed by atoms with van der Waals surface area (Å²) in [7, 11) is 2.45. The zero-order valence-electron chi connectivity index (χ0n) is 23.0. The number of aromatic nitrogens is 6. The Labute approximate surface area is 246 Å². The Bertz CT molecular complexity index is 1950. The standard InChI is InChI=1S/C18H15N5O5.C9H7N3O4/c1-27-18(26)13-7-12(21-15-4-5-20-23(13)15)17(25)19-8-10-2-3-14-11(6-10)22-16(24)9-28-14;1-16-9(15)6-4-5(8(13)14)11-7-2-3-10-12(6)7/h2-7H,8-9H2,1H3,(H,19,25)(H,22,24);2-4H,1H3,(H,13,14). The van der Waals surface area contributed by atoms with Crippen LogP contribution < -0.4 is 15.4 Å². The summed E-state index contributed by atoms with van der Waals surface area (Å²) in [4.78, 5) is 66.1. The van der Waals surface area contributed by atoms with Gasteiger partial charge in [0.25, 0.3) is 11.8 Å². The van der Waals surface area contributed by atoms with Gasteiger partial charge in [0.15, 0.2) is 35.0 Å². The normalized spacial score (nSPS) is 11.8. The maximum absolute atomic E-state index is 12.5. The molecule has 44 heavy (non-hydrogen) atoms. The van der Waals surface area contributed by atoms with E-state index in [0.29, 0.717) is 17.1 Å². The number of methoxy groups -OCH3 is 2. The number of hydrogen-bond donors (Lipinski definition) is 3. The van der Waals surface area contributed by atoms with Crippen LogP contribution in [-0.2, 0) is 20.8 Å². The summed E-state index contributed by atoms with van der Waals surface area (Å²) in [5.41, 5.74) is 1.89. The van der Waals surface area contributed by atoms with Crippen LogP contribution in [0.3, 0.4) is 0 Å². The molecule has 5 heterocycles. The fourth-order valence-electron chi connectivity index (χ4n) is 4.06. The predicted octanol–water partition coefficient (Wildman–Crippen LogP) is 0.991. The number of hydrogen-bond acceptors (Lipinski definition) is 12. The molecule has 17 nitrogen and oxygen atoms in total. The quantitative estimate of drug-likeness (QED) is 0.231. The molecule has 0 atom stereocenters. The summed E-state index contributed by atoms with van der Waals surface area (Å²) >= 11 is 0. The molecule has 2 amide bonds. The van der Waals surface area contributed by atoms with E-state index in [1.807, 2.05) is 0 Å². The number of carbonyl (C=O) groups excluding carboxylic acids is 4. The van der Waals surface area contributed by atoms with Crippen LogP contribution >= 0.6 is 0 Å². The van der Waals surface area contributed by atoms with Crippen LogP contribution in [0.2, 0.25) is 0 Å². The number of anilines is 1. The molecular formula is C27H22N8O9. The third kappa shape index (κ3) is 5.96. The Hall–Kier alpha value is -6.39. The third-order valence-electron chi connectivity index (χ3n) is 6.09. The number of nitrogens with zero attached hydrogens (tertiary/aromatic N) is 6. The van der Waals surface area contributed by atoms with Gasteiger partial charge in [-0.2, -0.15) is 10.2 Å². The first-order valence-corrected chi connectivity index (χ1v) is 12.6. The molecule has 3 N–H and O–H groups in total. The second-order valence-electron chi connectivity index (χ2n) is 8.89. The third-order valence-corrected chi connectivity index (χ3v) is 6.09. The molecule has 1 aliphatic heterocycles. The smallest absolute Gasteiger partial charge is 0.356 e. The zero-order valence-corrected chi connectivity index (χ0v) is 23.0. The largest absolute Gasteiger partial charge is 0.482 e. The topological polar surface area (TPSA) is 218 Å². The molecule has 1 aromatic carbocycles. The summed E-state index contributed by atoms with van der Waals surface area (Å²) in [5.74, 6) is -2.64. The van der Waals surface area contributed by atoms with Gasteiger partial charge in [0.1, 0.15) is 11.4 Å². The molecule has 5 aromatic rings. The van der Waals surface area contributed by atoms with Crippen molar-refractivity contribution in [3.8, 4) is 5.75 Å². The highest BCUT2D eigenvalue weighted by Crippen LogP contribution is 2.28. The Kier molecular flexibility index (Phi) is 8.09. The van der Waals surface area contributed by atoms with Crippen LogP contribution in [0.5, 0.6) is 5.75 Å². The number of nitrogens with one attached hydrogen (secondary N) is 2. The molecular weight excluding hydrogens is 580 g/mol. The minimum atomic E-state index is -1.21. The van der Waals surface area contributed by atoms with Gasteiger partial charge in [-0.05, 0) is 17.7 Å². The van der Waals surface area contributed by atoms with Gasteiger partial charge in [-0.25, -0.2) is 33.4 Å². The maximum atomic E-state index is 12.5. The molecule has 0 radical (unpaired) electrons. The molecule has 4 aromatic heterocycles. The lowest BCUT2D eigenvalue weighted by Crippen LogP contribution is -2.27. The Morgan fingerprint density at radius 2 is 1.50 bits per heavy atom. The summed E-state index contributed by atoms with van der Waals surface area (Å²) < 4.78 is 17.1. The molecule has 0 bridgehead atoms. The highest BCUT2D eigenvalue weighted by Gasteiger charge is 2.20. The summed E-state index contributed by atoms with van der Waals surface area (Å²) in [6, 6.07) is 10.7. The number of fused-ring (bicyclic) bond motifs is 3. The van der Waals surface area contributed by atoms with E-state index in [4.69, 9.17) is 14.6 Å². The first-order valence-electron chi connectivity index (χ1n) is 12.6. The van der Waals surface area contributed by atoms with Crippen molar-refractivity contribution in [1.29, 1.82) is 0 Å². The lowest BCUT2D eigenvalue weighted by atomic mass is 10.1. The summed E-state index contributed by atoms with van der Waals surface area (Å²) in [6.07, 6.45) is 2.89. The molecule has 6 rings (SSSR count). The number of rotatable bonds is 6. The van der Waals surface area contributed by atoms with E-state index in [2.05, 4.69) is 35.5 Å². The molecule has 0 saturated carbocycles. The van der Waals surface area contributed by atoms with E-state index >= 15 is 0 Å². The van der Waals surface area contributed by atoms with Crippen molar-refractivity contribution in [3.63, 3.8) is 0 Å². The minimum Gasteiger partial charge on any atom is -0.482 e. The minimum absolute atomic E-state index is 0.0195. The monoisotopic (exact) mass is 602 g/mol. The summed E-state index contributed by atoms with van der Waals surface area (Å²) in [5, 5.41) is 22.1. The highest BCUT2D eigenvalue weighted by atomic mass is 16.5. The van der Waals surface area contributed by atoms with Crippen LogP contribution in [0.25, 0.3) is 11.3 Å². The molecule has 0 aliphatic carbocycles. The Morgan fingerprint density at radius 3 is 2.09 bits per heavy atom. The molecule has 0 saturated heterocycles. The molecule has 17 heteroatoms. The van der Waals surface area contributed by atoms with Crippen molar-refractivity contribution < 1.29 is 43.3 Å². The van der Waals surface area contributed by atoms with E-state index in [9.17, 15) is 24.0 Å². The lowest BCUT2D eigenvalue weighted by molar-refractivity contribution is -0.118. The number of esters is 2. The molecule has 0 unspecified atom stereocenters. The van der Waals surface area contributed by atoms with E-state index < -0.39 is 23.8 Å². The fraction of sp³-hybridized carbons (Fsp3) is 0.148. The SMILES string of the molecule is COC(=O)c1cc(C(=O)NCc2ccc3c(c2)NC(=O)CO3)nc2ccnn12.COC(=O)c1cc(C(=O)O)nc2ccnn12. The van der Waals surface area contributed by atoms with Crippen LogP contribution in [0.15, 0.2) is 54.9 Å². The second kappa shape index (κ2) is 12.2. The number of carbonyl (C=O) groups is 5. The van der Waals surface area contributed by atoms with Gasteiger partial charge in [0.05, 0.1) is 32.3 Å². The maximum Gasteiger partial charge on any atom is 0.356 e. The fourth-order valence-corrected chi connectivity index (χ4v) is 4.06. The van der Waals surface area contributed by atoms with Crippen molar-refractivity contribution in [3.05, 3.63) is 83.2 Å². The first-order chi connectivity index (χ1) is 21.2. The van der Waals surface area contributed by atoms with Crippen molar-refractivity contribution in [2.75, 3.05) is 26.1 Å². The van der Waals surface area contributed by atoms with Crippen LogP contribution in [0.4, 0.5) is 5.69 Å². The van der Waals surface area contributed by atoms with Gasteiger partial charge < -0.3 is 30.0 Å². The van der Waals surface area contributed by atoms with E-state index in [1.54, 1.807) is 24.3 Å². The van der Waals surface area contributed by atoms with Crippen LogP contribution in [-0.4, -0.2) is 84.9 Å². The van der Waals surface area contributed by atoms with Crippen molar-refractivity contribution in [2.45, 2.75) is 6.54 Å². The van der Waals surface area contributed by atoms with Gasteiger partial charge >= 0.3 is 17.9 Å². The van der Waals surface area contributed by atoms with Gasteiger partial charge in [-0.3, -0.25) is 9.59 Å². The van der Waals surface area contributed by atoms with Crippen LogP contribution in [0, 0.1) is 0 Å². The number of amides is 2. The second-order valence-corrected chi connectivity index (χ2v) is 8.89. The van der Waals surface area contributed by atoms with E-state index in [0.717, 1.165) is 11.6 Å². The predicted molar refractivity (Wildman–Crippen MR) is 147 cm³/mol. The number of carboxylic acids is 1. The van der Waals surface area contributed by atoms with Gasteiger partial charge in [-0.1, -0.05) is 6.07 Å². The van der Waals surface area contributed by atoms with Gasteiger partial charge in [-0.15, -0.1) is 0 Å². The van der Waals surface area contributed by atoms with Crippen LogP contribution in [0.1, 0.15) is 47.5 Å². The molecule has 0 fully saturated rings. The average molecular weight is 603 g/mol. The molecule has 1 aliphatic rings. The van der Waals surface area contributed by atoms with Crippen molar-refractivity contribution in [1.82, 2.24) is 34.5 Å². The first kappa shape index (κ1) is 29.1. The van der Waals surface area contributed by atoms with Gasteiger partial charge in [0, 0.05) is 30.8 Å². The Morgan fingerprint density at radius 1 is 0.909 bits per heavy atom. The molecule has 224 valence electrons. The lowest BCUT2D eigenvalue weighted by Gasteiger charge is -2.18. The number of ether oxygens (including phenoxy) is 3. The van der Waals surface area contributed by atoms with E-state index in [-0.39, 0.29) is 47.5 Å². The van der Waals surface area contributed by atoms with E-state index in [1.165, 1.54) is 47.8 Å². The zero-order chi connectivity index (χ0) is 31.4. The molecule has 0 spiro atoms. The number of benzene rings is 1. The highest BCUT2D eigenvalue weighted by molar-refractivity contribution is 5.97. The summed E-state index contributed by atoms with van der Waals surface area (Å²) in [6.45, 7) is 0.177. The number of carboxylic acid groups (broad SMARTS) is 1. The van der Waals surface area contributed by atoms with Crippen molar-refractivity contribution >= 4 is 46.7 Å². The number of aromatic carboxylic acids is 1.